The third kappa shape index (κ3) is 4.16. The minimum Gasteiger partial charge on any atom is -0.370 e. The van der Waals surface area contributed by atoms with Gasteiger partial charge in [-0.1, -0.05) is 23.7 Å². The Balaban J connectivity index is 2.07. The summed E-state index contributed by atoms with van der Waals surface area (Å²) >= 11 is 5.99. The fraction of sp³-hybridized carbons (Fsp3) is 0.200. The second kappa shape index (κ2) is 7.04. The van der Waals surface area contributed by atoms with E-state index in [9.17, 15) is 9.18 Å². The Hall–Kier alpha value is -2.14. The molecule has 0 aliphatic heterocycles. The number of nitrogens with zero attached hydrogens (tertiary/aromatic N) is 1. The molecular weight excluding hydrogens is 293 g/mol. The number of carbonyl (C=O) groups excluding carboxylic acids is 1. The van der Waals surface area contributed by atoms with Crippen LogP contribution >= 0.6 is 11.6 Å². The molecular formula is C15H15ClFN3O. The highest BCUT2D eigenvalue weighted by atomic mass is 35.5. The molecule has 1 aromatic heterocycles. The number of halogens is 2. The van der Waals surface area contributed by atoms with Crippen LogP contribution in [0.3, 0.4) is 0 Å². The van der Waals surface area contributed by atoms with Crippen molar-refractivity contribution >= 4 is 23.3 Å². The molecule has 0 bridgehead atoms. The Labute approximate surface area is 127 Å². The predicted molar refractivity (Wildman–Crippen MR) is 81.0 cm³/mol. The van der Waals surface area contributed by atoms with Gasteiger partial charge in [-0.25, -0.2) is 9.37 Å². The maximum atomic E-state index is 13.1. The quantitative estimate of drug-likeness (QED) is 0.891. The van der Waals surface area contributed by atoms with Crippen LogP contribution in [0.4, 0.5) is 10.2 Å². The average Bonchev–Trinajstić information content (AvgIpc) is 2.47. The van der Waals surface area contributed by atoms with E-state index in [2.05, 4.69) is 15.6 Å². The second-order valence-corrected chi connectivity index (χ2v) is 4.78. The molecule has 0 saturated heterocycles. The normalized spacial score (nSPS) is 10.2. The van der Waals surface area contributed by atoms with E-state index in [1.165, 1.54) is 12.1 Å². The molecule has 0 atom stereocenters. The maximum Gasteiger partial charge on any atom is 0.271 e. The van der Waals surface area contributed by atoms with Gasteiger partial charge in [0.05, 0.1) is 5.02 Å². The van der Waals surface area contributed by atoms with Crippen LogP contribution in [0.2, 0.25) is 5.02 Å². The van der Waals surface area contributed by atoms with Crippen LogP contribution in [0.1, 0.15) is 23.0 Å². The molecule has 2 N–H and O–H groups in total. The van der Waals surface area contributed by atoms with Crippen molar-refractivity contribution in [3.8, 4) is 0 Å². The molecule has 0 aliphatic rings. The first kappa shape index (κ1) is 15.3. The van der Waals surface area contributed by atoms with Crippen molar-refractivity contribution in [2.45, 2.75) is 13.5 Å². The lowest BCUT2D eigenvalue weighted by Gasteiger charge is -2.09. The van der Waals surface area contributed by atoms with E-state index in [0.717, 1.165) is 0 Å². The van der Waals surface area contributed by atoms with Gasteiger partial charge in [-0.15, -0.1) is 0 Å². The number of hydrogen-bond acceptors (Lipinski definition) is 3. The maximum absolute atomic E-state index is 13.1. The number of amides is 1. The lowest BCUT2D eigenvalue weighted by Crippen LogP contribution is -2.24. The van der Waals surface area contributed by atoms with Gasteiger partial charge in [0.1, 0.15) is 17.3 Å². The van der Waals surface area contributed by atoms with Crippen molar-refractivity contribution in [1.82, 2.24) is 10.3 Å². The topological polar surface area (TPSA) is 54.0 Å². The van der Waals surface area contributed by atoms with E-state index in [4.69, 9.17) is 11.6 Å². The Bertz CT molecular complexity index is 649. The predicted octanol–water partition coefficient (Wildman–Crippen LogP) is 3.24. The van der Waals surface area contributed by atoms with E-state index in [1.54, 1.807) is 24.3 Å². The zero-order valence-corrected chi connectivity index (χ0v) is 12.2. The number of rotatable bonds is 5. The molecule has 0 radical (unpaired) electrons. The molecule has 1 aromatic carbocycles. The SMILES string of the molecule is CCNc1ccc(Cl)c(C(=O)NCc2cccc(F)c2)n1. The fourth-order valence-electron chi connectivity index (χ4n) is 1.79. The van der Waals surface area contributed by atoms with Crippen LogP contribution in [0.5, 0.6) is 0 Å². The first-order valence-electron chi connectivity index (χ1n) is 6.53. The smallest absolute Gasteiger partial charge is 0.271 e. The van der Waals surface area contributed by atoms with E-state index >= 15 is 0 Å². The first-order valence-corrected chi connectivity index (χ1v) is 6.91. The zero-order valence-electron chi connectivity index (χ0n) is 11.5. The minimum atomic E-state index is -0.399. The number of hydrogen-bond donors (Lipinski definition) is 2. The number of aromatic nitrogens is 1. The molecule has 0 aliphatic carbocycles. The second-order valence-electron chi connectivity index (χ2n) is 4.37. The summed E-state index contributed by atoms with van der Waals surface area (Å²) < 4.78 is 13.1. The van der Waals surface area contributed by atoms with Crippen LogP contribution in [0, 0.1) is 5.82 Å². The van der Waals surface area contributed by atoms with E-state index in [0.29, 0.717) is 17.9 Å². The minimum absolute atomic E-state index is 0.145. The van der Waals surface area contributed by atoms with Gasteiger partial charge in [0.15, 0.2) is 0 Å². The number of nitrogens with one attached hydrogen (secondary N) is 2. The van der Waals surface area contributed by atoms with E-state index in [1.807, 2.05) is 6.92 Å². The van der Waals surface area contributed by atoms with Crippen molar-refractivity contribution in [2.75, 3.05) is 11.9 Å². The molecule has 0 fully saturated rings. The zero-order chi connectivity index (χ0) is 15.2. The summed E-state index contributed by atoms with van der Waals surface area (Å²) in [7, 11) is 0. The van der Waals surface area contributed by atoms with Gasteiger partial charge in [-0.05, 0) is 36.8 Å². The highest BCUT2D eigenvalue weighted by Crippen LogP contribution is 2.16. The van der Waals surface area contributed by atoms with Gasteiger partial charge in [0.2, 0.25) is 0 Å². The van der Waals surface area contributed by atoms with Crippen LogP contribution in [0.15, 0.2) is 36.4 Å². The lowest BCUT2D eigenvalue weighted by atomic mass is 10.2. The summed E-state index contributed by atoms with van der Waals surface area (Å²) in [6, 6.07) is 9.36. The van der Waals surface area contributed by atoms with Crippen molar-refractivity contribution in [1.29, 1.82) is 0 Å². The molecule has 21 heavy (non-hydrogen) atoms. The summed E-state index contributed by atoms with van der Waals surface area (Å²) in [5, 5.41) is 5.96. The lowest BCUT2D eigenvalue weighted by molar-refractivity contribution is 0.0946. The Morgan fingerprint density at radius 1 is 1.33 bits per heavy atom. The summed E-state index contributed by atoms with van der Waals surface area (Å²) in [4.78, 5) is 16.3. The number of anilines is 1. The monoisotopic (exact) mass is 307 g/mol. The fourth-order valence-corrected chi connectivity index (χ4v) is 1.99. The summed E-state index contributed by atoms with van der Waals surface area (Å²) in [6.45, 7) is 2.83. The van der Waals surface area contributed by atoms with Gasteiger partial charge in [-0.2, -0.15) is 0 Å². The third-order valence-electron chi connectivity index (χ3n) is 2.76. The molecule has 2 rings (SSSR count). The van der Waals surface area contributed by atoms with E-state index in [-0.39, 0.29) is 23.1 Å². The van der Waals surface area contributed by atoms with Gasteiger partial charge < -0.3 is 10.6 Å². The van der Waals surface area contributed by atoms with Crippen molar-refractivity contribution < 1.29 is 9.18 Å². The van der Waals surface area contributed by atoms with Crippen molar-refractivity contribution in [3.05, 3.63) is 58.5 Å². The molecule has 0 saturated carbocycles. The largest absolute Gasteiger partial charge is 0.370 e. The molecule has 1 amide bonds. The number of carbonyl (C=O) groups is 1. The highest BCUT2D eigenvalue weighted by Gasteiger charge is 2.13. The summed E-state index contributed by atoms with van der Waals surface area (Å²) in [5.41, 5.74) is 0.814. The van der Waals surface area contributed by atoms with Crippen LogP contribution in [-0.4, -0.2) is 17.4 Å². The highest BCUT2D eigenvalue weighted by molar-refractivity contribution is 6.33. The molecule has 2 aromatic rings. The molecule has 4 nitrogen and oxygen atoms in total. The Morgan fingerprint density at radius 2 is 2.14 bits per heavy atom. The van der Waals surface area contributed by atoms with Crippen LogP contribution in [0.25, 0.3) is 0 Å². The van der Waals surface area contributed by atoms with Gasteiger partial charge in [0, 0.05) is 13.1 Å². The van der Waals surface area contributed by atoms with Gasteiger partial charge in [0.25, 0.3) is 5.91 Å². The summed E-state index contributed by atoms with van der Waals surface area (Å²) in [6.07, 6.45) is 0. The van der Waals surface area contributed by atoms with Crippen molar-refractivity contribution in [2.24, 2.45) is 0 Å². The van der Waals surface area contributed by atoms with Crippen molar-refractivity contribution in [3.63, 3.8) is 0 Å². The Morgan fingerprint density at radius 3 is 2.86 bits per heavy atom. The van der Waals surface area contributed by atoms with Gasteiger partial charge >= 0.3 is 0 Å². The van der Waals surface area contributed by atoms with Crippen LogP contribution < -0.4 is 10.6 Å². The average molecular weight is 308 g/mol. The third-order valence-corrected chi connectivity index (χ3v) is 3.07. The van der Waals surface area contributed by atoms with E-state index < -0.39 is 5.91 Å². The number of benzene rings is 1. The summed E-state index contributed by atoms with van der Waals surface area (Å²) in [5.74, 6) is -0.158. The molecule has 0 spiro atoms. The molecule has 6 heteroatoms. The van der Waals surface area contributed by atoms with Crippen LogP contribution in [-0.2, 0) is 6.54 Å². The first-order chi connectivity index (χ1) is 10.1. The molecule has 110 valence electrons. The number of pyridine rings is 1. The standard InChI is InChI=1S/C15H15ClFN3O/c1-2-18-13-7-6-12(16)14(20-13)15(21)19-9-10-4-3-5-11(17)8-10/h3-8H,2,9H2,1H3,(H,18,20)(H,19,21). The Kier molecular flexibility index (Phi) is 5.11. The molecule has 1 heterocycles. The molecule has 0 unspecified atom stereocenters. The van der Waals surface area contributed by atoms with Gasteiger partial charge in [-0.3, -0.25) is 4.79 Å².